The van der Waals surface area contributed by atoms with E-state index in [4.69, 9.17) is 0 Å². The third-order valence-electron chi connectivity index (χ3n) is 3.99. The first-order chi connectivity index (χ1) is 9.96. The van der Waals surface area contributed by atoms with E-state index in [0.29, 0.717) is 5.71 Å². The summed E-state index contributed by atoms with van der Waals surface area (Å²) in [6, 6.07) is 10.9. The van der Waals surface area contributed by atoms with E-state index in [2.05, 4.69) is 15.9 Å². The van der Waals surface area contributed by atoms with Crippen molar-refractivity contribution in [1.82, 2.24) is 5.06 Å². The number of hydrogen-bond acceptors (Lipinski definition) is 4. The van der Waals surface area contributed by atoms with Crippen molar-refractivity contribution in [1.29, 1.82) is 0 Å². The van der Waals surface area contributed by atoms with Crippen LogP contribution in [0, 0.1) is 5.21 Å². The van der Waals surface area contributed by atoms with E-state index in [1.807, 2.05) is 48.7 Å². The molecule has 21 heavy (non-hydrogen) atoms. The molecule has 1 aliphatic rings. The summed E-state index contributed by atoms with van der Waals surface area (Å²) < 4.78 is 1.86. The second kappa shape index (κ2) is 5.21. The second-order valence-electron chi connectivity index (χ2n) is 5.21. The lowest BCUT2D eigenvalue weighted by Crippen LogP contribution is -2.45. The molecule has 110 valence electrons. The fraction of sp³-hybridized carbons (Fsp3) is 0.267. The van der Waals surface area contributed by atoms with Gasteiger partial charge in [0, 0.05) is 17.0 Å². The van der Waals surface area contributed by atoms with E-state index in [1.165, 1.54) is 11.3 Å². The molecule has 0 unspecified atom stereocenters. The molecular formula is C15H15BrN2O2S. The maximum absolute atomic E-state index is 12.9. The molecule has 0 saturated heterocycles. The van der Waals surface area contributed by atoms with E-state index < -0.39 is 5.66 Å². The molecule has 0 amide bonds. The minimum atomic E-state index is -1.13. The molecule has 1 aromatic heterocycles. The molecule has 2 atom stereocenters. The third kappa shape index (κ3) is 2.14. The molecule has 0 saturated carbocycles. The van der Waals surface area contributed by atoms with Crippen LogP contribution in [0.1, 0.15) is 24.3 Å². The first-order valence-corrected chi connectivity index (χ1v) is 8.26. The van der Waals surface area contributed by atoms with Crippen LogP contribution in [-0.4, -0.2) is 26.8 Å². The normalized spacial score (nSPS) is 26.6. The van der Waals surface area contributed by atoms with Crippen LogP contribution < -0.4 is 0 Å². The highest BCUT2D eigenvalue weighted by molar-refractivity contribution is 9.10. The number of benzene rings is 1. The number of halogens is 1. The number of hydroxylamine groups is 3. The molecule has 2 heterocycles. The number of thiophene rings is 1. The Labute approximate surface area is 135 Å². The average molecular weight is 367 g/mol. The monoisotopic (exact) mass is 366 g/mol. The van der Waals surface area contributed by atoms with Crippen LogP contribution >= 0.6 is 27.3 Å². The maximum Gasteiger partial charge on any atom is 0.274 e. The molecule has 4 nitrogen and oxygen atoms in total. The predicted octanol–water partition coefficient (Wildman–Crippen LogP) is 3.78. The predicted molar refractivity (Wildman–Crippen MR) is 86.6 cm³/mol. The lowest BCUT2D eigenvalue weighted by Gasteiger charge is -2.29. The Hall–Kier alpha value is -1.21. The summed E-state index contributed by atoms with van der Waals surface area (Å²) in [5.74, 6) is 0. The summed E-state index contributed by atoms with van der Waals surface area (Å²) in [5, 5.41) is 26.5. The minimum Gasteiger partial charge on any atom is -0.622 e. The Kier molecular flexibility index (Phi) is 3.65. The van der Waals surface area contributed by atoms with Gasteiger partial charge in [-0.25, -0.2) is 0 Å². The van der Waals surface area contributed by atoms with Gasteiger partial charge in [-0.3, -0.25) is 0 Å². The van der Waals surface area contributed by atoms with Gasteiger partial charge < -0.3 is 10.4 Å². The quantitative estimate of drug-likeness (QED) is 0.649. The standard InChI is InChI=1S/C15H15BrN2O2S/c1-10-14(13-4-3-9-21-13)18(20)15(2,17(10)19)11-5-7-12(16)8-6-11/h3-10,19H,1-2H3/t10-,15-/m1/s1. The zero-order valence-corrected chi connectivity index (χ0v) is 14.1. The number of hydrogen-bond donors (Lipinski definition) is 1. The van der Waals surface area contributed by atoms with Gasteiger partial charge in [0.25, 0.3) is 5.66 Å². The molecule has 3 rings (SSSR count). The molecule has 1 aromatic carbocycles. The summed E-state index contributed by atoms with van der Waals surface area (Å²) in [5.41, 5.74) is 0.221. The van der Waals surface area contributed by atoms with Gasteiger partial charge in [0.05, 0.1) is 4.88 Å². The van der Waals surface area contributed by atoms with Gasteiger partial charge in [-0.1, -0.05) is 22.0 Å². The highest BCUT2D eigenvalue weighted by Gasteiger charge is 2.54. The maximum atomic E-state index is 12.9. The smallest absolute Gasteiger partial charge is 0.274 e. The number of rotatable bonds is 2. The van der Waals surface area contributed by atoms with E-state index in [-0.39, 0.29) is 6.04 Å². The molecular weight excluding hydrogens is 352 g/mol. The van der Waals surface area contributed by atoms with Gasteiger partial charge in [0.1, 0.15) is 6.04 Å². The summed E-state index contributed by atoms with van der Waals surface area (Å²) >= 11 is 4.89. The van der Waals surface area contributed by atoms with Crippen molar-refractivity contribution in [2.45, 2.75) is 25.6 Å². The minimum absolute atomic E-state index is 0.366. The highest BCUT2D eigenvalue weighted by Crippen LogP contribution is 2.37. The fourth-order valence-electron chi connectivity index (χ4n) is 2.74. The Morgan fingerprint density at radius 2 is 2.00 bits per heavy atom. The summed E-state index contributed by atoms with van der Waals surface area (Å²) in [6.07, 6.45) is 0. The summed E-state index contributed by atoms with van der Waals surface area (Å²) in [4.78, 5) is 0.886. The Bertz CT molecular complexity index is 684. The molecule has 1 N–H and O–H groups in total. The largest absolute Gasteiger partial charge is 0.622 e. The Morgan fingerprint density at radius 1 is 1.33 bits per heavy atom. The summed E-state index contributed by atoms with van der Waals surface area (Å²) in [6.45, 7) is 3.57. The fourth-order valence-corrected chi connectivity index (χ4v) is 3.84. The molecule has 0 bridgehead atoms. The zero-order valence-electron chi connectivity index (χ0n) is 11.7. The topological polar surface area (TPSA) is 49.5 Å². The molecule has 0 spiro atoms. The first kappa shape index (κ1) is 14.7. The van der Waals surface area contributed by atoms with Crippen LogP contribution in [0.4, 0.5) is 0 Å². The molecule has 6 heteroatoms. The van der Waals surface area contributed by atoms with Gasteiger partial charge in [-0.15, -0.1) is 16.4 Å². The van der Waals surface area contributed by atoms with Crippen molar-refractivity contribution in [3.63, 3.8) is 0 Å². The first-order valence-electron chi connectivity index (χ1n) is 6.58. The molecule has 1 aliphatic heterocycles. The average Bonchev–Trinajstić information content (AvgIpc) is 3.04. The highest BCUT2D eigenvalue weighted by atomic mass is 79.9. The van der Waals surface area contributed by atoms with E-state index in [0.717, 1.165) is 24.7 Å². The zero-order chi connectivity index (χ0) is 15.2. The lowest BCUT2D eigenvalue weighted by atomic mass is 10.0. The Morgan fingerprint density at radius 3 is 2.57 bits per heavy atom. The van der Waals surface area contributed by atoms with E-state index in [1.54, 1.807) is 6.92 Å². The van der Waals surface area contributed by atoms with Crippen molar-refractivity contribution in [2.75, 3.05) is 0 Å². The van der Waals surface area contributed by atoms with Gasteiger partial charge in [-0.05, 0) is 42.6 Å². The molecule has 2 aromatic rings. The molecule has 0 aliphatic carbocycles. The van der Waals surface area contributed by atoms with Crippen LogP contribution in [0.5, 0.6) is 0 Å². The van der Waals surface area contributed by atoms with Crippen LogP contribution in [0.25, 0.3) is 0 Å². The van der Waals surface area contributed by atoms with Gasteiger partial charge >= 0.3 is 0 Å². The third-order valence-corrected chi connectivity index (χ3v) is 5.41. The lowest BCUT2D eigenvalue weighted by molar-refractivity contribution is -0.595. The van der Waals surface area contributed by atoms with E-state index in [9.17, 15) is 10.4 Å². The van der Waals surface area contributed by atoms with Crippen molar-refractivity contribution in [3.8, 4) is 0 Å². The summed E-state index contributed by atoms with van der Waals surface area (Å²) in [7, 11) is 0. The van der Waals surface area contributed by atoms with Crippen molar-refractivity contribution >= 4 is 33.0 Å². The van der Waals surface area contributed by atoms with E-state index >= 15 is 0 Å². The van der Waals surface area contributed by atoms with Crippen LogP contribution in [0.2, 0.25) is 0 Å². The SMILES string of the molecule is C[C@@H]1C(c2cccs2)=[N+]([O-])[C@](C)(c2ccc(Br)cc2)N1O. The molecule has 0 fully saturated rings. The molecule has 0 radical (unpaired) electrons. The van der Waals surface area contributed by atoms with Crippen LogP contribution in [-0.2, 0) is 5.66 Å². The van der Waals surface area contributed by atoms with Crippen molar-refractivity contribution < 1.29 is 9.95 Å². The van der Waals surface area contributed by atoms with Gasteiger partial charge in [0.2, 0.25) is 5.71 Å². The van der Waals surface area contributed by atoms with Crippen molar-refractivity contribution in [2.24, 2.45) is 0 Å². The Balaban J connectivity index is 2.16. The van der Waals surface area contributed by atoms with Gasteiger partial charge in [-0.2, -0.15) is 4.74 Å². The number of nitrogens with zero attached hydrogens (tertiary/aromatic N) is 2. The van der Waals surface area contributed by atoms with Crippen molar-refractivity contribution in [3.05, 3.63) is 61.9 Å². The van der Waals surface area contributed by atoms with Crippen LogP contribution in [0.3, 0.4) is 0 Å². The van der Waals surface area contributed by atoms with Gasteiger partial charge in [0.15, 0.2) is 0 Å². The van der Waals surface area contributed by atoms with Crippen LogP contribution in [0.15, 0.2) is 46.3 Å². The second-order valence-corrected chi connectivity index (χ2v) is 7.07.